The van der Waals surface area contributed by atoms with Crippen molar-refractivity contribution in [3.05, 3.63) is 76.6 Å². The van der Waals surface area contributed by atoms with Crippen LogP contribution in [0, 0.1) is 5.82 Å². The molecule has 3 aromatic carbocycles. The highest BCUT2D eigenvalue weighted by atomic mass is 19.1. The Morgan fingerprint density at radius 3 is 2.34 bits per heavy atom. The molecule has 1 atom stereocenters. The van der Waals surface area contributed by atoms with Crippen LogP contribution in [0.25, 0.3) is 0 Å². The third-order valence-corrected chi connectivity index (χ3v) is 8.31. The number of phenolic OH excluding ortho intramolecular Hbond substituents is 1. The molecule has 222 valence electrons. The molecule has 3 aromatic rings. The van der Waals surface area contributed by atoms with Crippen LogP contribution in [-0.2, 0) is 19.4 Å². The van der Waals surface area contributed by atoms with Crippen molar-refractivity contribution in [3.8, 4) is 23.0 Å². The van der Waals surface area contributed by atoms with Crippen molar-refractivity contribution < 1.29 is 23.7 Å². The molecule has 0 aromatic heterocycles. The monoisotopic (exact) mass is 564 g/mol. The van der Waals surface area contributed by atoms with E-state index in [0.717, 1.165) is 37.1 Å². The van der Waals surface area contributed by atoms with Crippen LogP contribution in [0.2, 0.25) is 0 Å². The van der Waals surface area contributed by atoms with E-state index in [9.17, 15) is 5.11 Å². The lowest BCUT2D eigenvalue weighted by atomic mass is 9.79. The largest absolute Gasteiger partial charge is 0.508 e. The summed E-state index contributed by atoms with van der Waals surface area (Å²) >= 11 is 0. The summed E-state index contributed by atoms with van der Waals surface area (Å²) in [6, 6.07) is 15.1. The van der Waals surface area contributed by atoms with Crippen LogP contribution in [-0.4, -0.2) is 56.5 Å². The highest BCUT2D eigenvalue weighted by Gasteiger charge is 2.26. The van der Waals surface area contributed by atoms with Gasteiger partial charge in [0.2, 0.25) is 0 Å². The van der Waals surface area contributed by atoms with Crippen molar-refractivity contribution in [3.63, 3.8) is 0 Å². The lowest BCUT2D eigenvalue weighted by molar-refractivity contribution is 0.142. The third kappa shape index (κ3) is 7.25. The average molecular weight is 565 g/mol. The molecule has 1 aliphatic carbocycles. The van der Waals surface area contributed by atoms with Gasteiger partial charge in [0, 0.05) is 36.9 Å². The van der Waals surface area contributed by atoms with Gasteiger partial charge in [0.15, 0.2) is 23.1 Å². The van der Waals surface area contributed by atoms with Gasteiger partial charge in [-0.05, 0) is 113 Å². The van der Waals surface area contributed by atoms with Crippen LogP contribution in [0.4, 0.5) is 10.1 Å². The second-order valence-corrected chi connectivity index (χ2v) is 11.9. The number of phenols is 1. The minimum atomic E-state index is -0.350. The van der Waals surface area contributed by atoms with Gasteiger partial charge in [-0.15, -0.1) is 0 Å². The molecule has 0 saturated carbocycles. The van der Waals surface area contributed by atoms with Crippen molar-refractivity contribution in [1.29, 1.82) is 0 Å². The smallest absolute Gasteiger partial charge is 0.165 e. The quantitative estimate of drug-likeness (QED) is 0.272. The van der Waals surface area contributed by atoms with E-state index in [1.165, 1.54) is 16.7 Å². The van der Waals surface area contributed by atoms with E-state index in [2.05, 4.69) is 43.6 Å². The van der Waals surface area contributed by atoms with E-state index in [0.29, 0.717) is 36.9 Å². The zero-order valence-corrected chi connectivity index (χ0v) is 25.6. The lowest BCUT2D eigenvalue weighted by Crippen LogP contribution is -2.40. The summed E-state index contributed by atoms with van der Waals surface area (Å²) in [6.07, 6.45) is 2.73. The van der Waals surface area contributed by atoms with Gasteiger partial charge in [0.1, 0.15) is 12.4 Å². The molecule has 0 aliphatic heterocycles. The van der Waals surface area contributed by atoms with Crippen LogP contribution in [0.5, 0.6) is 23.0 Å². The number of hydrogen-bond donors (Lipinski definition) is 1. The molecule has 0 radical (unpaired) electrons. The first-order chi connectivity index (χ1) is 19.5. The van der Waals surface area contributed by atoms with Crippen molar-refractivity contribution in [2.45, 2.75) is 65.0 Å². The molecule has 0 fully saturated rings. The second kappa shape index (κ2) is 13.0. The van der Waals surface area contributed by atoms with E-state index in [-0.39, 0.29) is 23.0 Å². The molecule has 0 bridgehead atoms. The minimum absolute atomic E-state index is 0.0301. The Kier molecular flexibility index (Phi) is 9.69. The number of ether oxygens (including phenoxy) is 3. The summed E-state index contributed by atoms with van der Waals surface area (Å²) < 4.78 is 32.3. The third-order valence-electron chi connectivity index (χ3n) is 8.31. The molecule has 0 saturated heterocycles. The van der Waals surface area contributed by atoms with E-state index in [1.54, 1.807) is 32.4 Å². The predicted octanol–water partition coefficient (Wildman–Crippen LogP) is 6.96. The number of nitrogens with zero attached hydrogens (tertiary/aromatic N) is 2. The van der Waals surface area contributed by atoms with Crippen LogP contribution in [0.1, 0.15) is 62.3 Å². The van der Waals surface area contributed by atoms with Gasteiger partial charge >= 0.3 is 0 Å². The zero-order valence-electron chi connectivity index (χ0n) is 25.6. The van der Waals surface area contributed by atoms with E-state index in [4.69, 9.17) is 14.2 Å². The molecule has 0 spiro atoms. The number of methoxy groups -OCH3 is 2. The Hall–Kier alpha value is -3.45. The Labute approximate surface area is 244 Å². The second-order valence-electron chi connectivity index (χ2n) is 11.9. The maximum atomic E-state index is 15.1. The number of benzene rings is 3. The molecule has 1 aliphatic rings. The van der Waals surface area contributed by atoms with Gasteiger partial charge < -0.3 is 24.2 Å². The van der Waals surface area contributed by atoms with Crippen molar-refractivity contribution >= 4 is 5.69 Å². The molecule has 0 heterocycles. The average Bonchev–Trinajstić information content (AvgIpc) is 2.95. The fraction of sp³-hybridized carbons (Fsp3) is 0.471. The summed E-state index contributed by atoms with van der Waals surface area (Å²) in [5.41, 5.74) is 5.61. The summed E-state index contributed by atoms with van der Waals surface area (Å²) in [4.78, 5) is 4.45. The minimum Gasteiger partial charge on any atom is -0.508 e. The van der Waals surface area contributed by atoms with Crippen LogP contribution in [0.3, 0.4) is 0 Å². The maximum absolute atomic E-state index is 15.1. The molecular weight excluding hydrogens is 519 g/mol. The van der Waals surface area contributed by atoms with Gasteiger partial charge in [-0.3, -0.25) is 4.90 Å². The van der Waals surface area contributed by atoms with Crippen molar-refractivity contribution in [2.24, 2.45) is 0 Å². The standard InChI is InChI=1S/C34H45FN2O4/c1-8-37(22-23-9-14-31(29(35)17-23)41-16-15-36(5)34(2,3)4)30-21-33(40-7)32(39-6)20-28(30)26-11-10-25-19-27(38)13-12-24(25)18-26/h9,12-14,17,19-21,26,38H,8,10-11,15-16,18,22H2,1-7H3/t26-/m1/s1. The summed E-state index contributed by atoms with van der Waals surface area (Å²) in [6.45, 7) is 10.9. The number of rotatable bonds is 11. The first-order valence-electron chi connectivity index (χ1n) is 14.5. The Morgan fingerprint density at radius 1 is 0.951 bits per heavy atom. The number of halogens is 1. The molecule has 1 N–H and O–H groups in total. The van der Waals surface area contributed by atoms with Crippen LogP contribution < -0.4 is 19.1 Å². The number of aromatic hydroxyl groups is 1. The summed E-state index contributed by atoms with van der Waals surface area (Å²) in [5, 5.41) is 9.94. The van der Waals surface area contributed by atoms with Crippen LogP contribution >= 0.6 is 0 Å². The number of anilines is 1. The fourth-order valence-corrected chi connectivity index (χ4v) is 5.47. The highest BCUT2D eigenvalue weighted by molar-refractivity contribution is 5.64. The SMILES string of the molecule is CCN(Cc1ccc(OCCN(C)C(C)(C)C)c(F)c1)c1cc(OC)c(OC)cc1[C@@H]1CCc2cc(O)ccc2C1. The normalized spacial score (nSPS) is 15.0. The zero-order chi connectivity index (χ0) is 29.7. The predicted molar refractivity (Wildman–Crippen MR) is 163 cm³/mol. The molecule has 0 unspecified atom stereocenters. The molecule has 4 rings (SSSR count). The van der Waals surface area contributed by atoms with Crippen LogP contribution in [0.15, 0.2) is 48.5 Å². The maximum Gasteiger partial charge on any atom is 0.165 e. The number of aryl methyl sites for hydroxylation is 1. The lowest BCUT2D eigenvalue weighted by Gasteiger charge is -2.32. The van der Waals surface area contributed by atoms with Gasteiger partial charge in [0.05, 0.1) is 14.2 Å². The number of likely N-dealkylation sites (N-methyl/N-ethyl adjacent to an activating group) is 1. The Morgan fingerprint density at radius 2 is 1.68 bits per heavy atom. The van der Waals surface area contributed by atoms with Gasteiger partial charge in [-0.2, -0.15) is 0 Å². The Bertz CT molecular complexity index is 1340. The summed E-state index contributed by atoms with van der Waals surface area (Å²) in [5.74, 6) is 1.88. The first-order valence-corrected chi connectivity index (χ1v) is 14.5. The van der Waals surface area contributed by atoms with E-state index in [1.807, 2.05) is 31.3 Å². The van der Waals surface area contributed by atoms with Gasteiger partial charge in [-0.1, -0.05) is 12.1 Å². The number of fused-ring (bicyclic) bond motifs is 1. The topological polar surface area (TPSA) is 54.4 Å². The molecule has 7 heteroatoms. The van der Waals surface area contributed by atoms with E-state index < -0.39 is 0 Å². The Balaban J connectivity index is 1.57. The fourth-order valence-electron chi connectivity index (χ4n) is 5.47. The first kappa shape index (κ1) is 30.5. The molecular formula is C34H45FN2O4. The summed E-state index contributed by atoms with van der Waals surface area (Å²) in [7, 11) is 5.35. The van der Waals surface area contributed by atoms with Crippen molar-refractivity contribution in [2.75, 3.05) is 45.9 Å². The highest BCUT2D eigenvalue weighted by Crippen LogP contribution is 2.43. The molecule has 6 nitrogen and oxygen atoms in total. The van der Waals surface area contributed by atoms with E-state index >= 15 is 4.39 Å². The molecule has 0 amide bonds. The van der Waals surface area contributed by atoms with Crippen molar-refractivity contribution in [1.82, 2.24) is 4.90 Å². The molecule has 41 heavy (non-hydrogen) atoms. The number of hydrogen-bond acceptors (Lipinski definition) is 6. The van der Waals surface area contributed by atoms with Gasteiger partial charge in [-0.25, -0.2) is 4.39 Å². The van der Waals surface area contributed by atoms with Gasteiger partial charge in [0.25, 0.3) is 0 Å².